The number of hydrogen-bond donors (Lipinski definition) is 2. The Balaban J connectivity index is 2.19. The number of benzene rings is 1. The Hall–Kier alpha value is -3.04. The van der Waals surface area contributed by atoms with Gasteiger partial charge < -0.3 is 15.5 Å². The number of nitrogens with one attached hydrogen (secondary N) is 2. The standard InChI is InChI=1S/C25H36F3N5O2/c1-16(2)14-32(22(35)29-18-11-9-17(10-12-18)25(26,27)28)15-21(34)30-20-13-19(23(3,4)5)31-33(20)24(6,7)8/h9-13,16H,14-15H2,1-8H3,(H,29,35)(H,30,34). The van der Waals surface area contributed by atoms with Gasteiger partial charge in [-0.25, -0.2) is 9.48 Å². The highest BCUT2D eigenvalue weighted by Gasteiger charge is 2.30. The molecular weight excluding hydrogens is 459 g/mol. The van der Waals surface area contributed by atoms with Crippen molar-refractivity contribution in [2.45, 2.75) is 72.5 Å². The minimum absolute atomic E-state index is 0.0637. The summed E-state index contributed by atoms with van der Waals surface area (Å²) >= 11 is 0. The van der Waals surface area contributed by atoms with Gasteiger partial charge in [0.15, 0.2) is 0 Å². The van der Waals surface area contributed by atoms with E-state index in [-0.39, 0.29) is 35.6 Å². The van der Waals surface area contributed by atoms with Gasteiger partial charge in [-0.15, -0.1) is 0 Å². The summed E-state index contributed by atoms with van der Waals surface area (Å²) in [5.74, 6) is 0.188. The summed E-state index contributed by atoms with van der Waals surface area (Å²) in [5.41, 5.74) is -0.385. The van der Waals surface area contributed by atoms with E-state index in [9.17, 15) is 22.8 Å². The van der Waals surface area contributed by atoms with Gasteiger partial charge in [-0.05, 0) is 51.0 Å². The molecule has 1 heterocycles. The molecule has 1 aromatic carbocycles. The van der Waals surface area contributed by atoms with Gasteiger partial charge in [0, 0.05) is 23.7 Å². The predicted molar refractivity (Wildman–Crippen MR) is 131 cm³/mol. The van der Waals surface area contributed by atoms with E-state index in [1.165, 1.54) is 17.0 Å². The van der Waals surface area contributed by atoms with Crippen LogP contribution in [0.4, 0.5) is 29.5 Å². The molecule has 35 heavy (non-hydrogen) atoms. The second-order valence-corrected chi connectivity index (χ2v) is 11.1. The van der Waals surface area contributed by atoms with Crippen LogP contribution in [-0.4, -0.2) is 39.7 Å². The van der Waals surface area contributed by atoms with Crippen LogP contribution < -0.4 is 10.6 Å². The van der Waals surface area contributed by atoms with E-state index in [0.29, 0.717) is 5.82 Å². The van der Waals surface area contributed by atoms with Crippen LogP contribution in [0.2, 0.25) is 0 Å². The Morgan fingerprint density at radius 3 is 2.03 bits per heavy atom. The number of nitrogens with zero attached hydrogens (tertiary/aromatic N) is 3. The minimum atomic E-state index is -4.46. The van der Waals surface area contributed by atoms with Crippen molar-refractivity contribution >= 4 is 23.4 Å². The largest absolute Gasteiger partial charge is 0.416 e. The van der Waals surface area contributed by atoms with Crippen molar-refractivity contribution in [1.29, 1.82) is 0 Å². The molecule has 0 saturated carbocycles. The molecule has 2 N–H and O–H groups in total. The minimum Gasteiger partial charge on any atom is -0.315 e. The summed E-state index contributed by atoms with van der Waals surface area (Å²) < 4.78 is 40.1. The van der Waals surface area contributed by atoms with Gasteiger partial charge in [-0.3, -0.25) is 4.79 Å². The summed E-state index contributed by atoms with van der Waals surface area (Å²) in [5, 5.41) is 10.1. The lowest BCUT2D eigenvalue weighted by Gasteiger charge is -2.26. The molecule has 0 unspecified atom stereocenters. The number of rotatable bonds is 6. The smallest absolute Gasteiger partial charge is 0.315 e. The number of hydrogen-bond acceptors (Lipinski definition) is 3. The van der Waals surface area contributed by atoms with E-state index < -0.39 is 23.7 Å². The van der Waals surface area contributed by atoms with E-state index in [1.807, 2.05) is 61.5 Å². The van der Waals surface area contributed by atoms with Crippen molar-refractivity contribution in [2.24, 2.45) is 5.92 Å². The third-order valence-electron chi connectivity index (χ3n) is 5.05. The zero-order chi connectivity index (χ0) is 26.8. The summed E-state index contributed by atoms with van der Waals surface area (Å²) in [4.78, 5) is 27.2. The predicted octanol–water partition coefficient (Wildman–Crippen LogP) is 6.08. The number of halogens is 3. The summed E-state index contributed by atoms with van der Waals surface area (Å²) in [7, 11) is 0. The lowest BCUT2D eigenvalue weighted by atomic mass is 9.92. The van der Waals surface area contributed by atoms with Gasteiger partial charge in [0.05, 0.1) is 16.8 Å². The first-order valence-corrected chi connectivity index (χ1v) is 11.5. The molecule has 10 heteroatoms. The van der Waals surface area contributed by atoms with E-state index in [0.717, 1.165) is 17.8 Å². The Morgan fingerprint density at radius 2 is 1.57 bits per heavy atom. The number of anilines is 2. The summed E-state index contributed by atoms with van der Waals surface area (Å²) in [6.45, 7) is 15.9. The number of amides is 3. The first kappa shape index (κ1) is 28.2. The van der Waals surface area contributed by atoms with Crippen molar-refractivity contribution in [2.75, 3.05) is 23.7 Å². The van der Waals surface area contributed by atoms with Gasteiger partial charge in [-0.2, -0.15) is 18.3 Å². The SMILES string of the molecule is CC(C)CN(CC(=O)Nc1cc(C(C)(C)C)nn1C(C)(C)C)C(=O)Nc1ccc(C(F)(F)F)cc1. The molecule has 0 aliphatic carbocycles. The monoisotopic (exact) mass is 495 g/mol. The molecule has 0 radical (unpaired) electrons. The first-order chi connectivity index (χ1) is 15.9. The fourth-order valence-corrected chi connectivity index (χ4v) is 3.31. The maximum atomic E-state index is 13.0. The topological polar surface area (TPSA) is 79.3 Å². The quantitative estimate of drug-likeness (QED) is 0.510. The Kier molecular flexibility index (Phi) is 8.29. The first-order valence-electron chi connectivity index (χ1n) is 11.5. The Bertz CT molecular complexity index is 1030. The molecule has 2 rings (SSSR count). The lowest BCUT2D eigenvalue weighted by Crippen LogP contribution is -2.43. The molecule has 0 spiro atoms. The van der Waals surface area contributed by atoms with Crippen molar-refractivity contribution < 1.29 is 22.8 Å². The third kappa shape index (κ3) is 8.00. The van der Waals surface area contributed by atoms with Gasteiger partial charge in [0.25, 0.3) is 0 Å². The normalized spacial score (nSPS) is 12.6. The van der Waals surface area contributed by atoms with Crippen LogP contribution in [-0.2, 0) is 21.9 Å². The van der Waals surface area contributed by atoms with Crippen molar-refractivity contribution in [1.82, 2.24) is 14.7 Å². The van der Waals surface area contributed by atoms with Gasteiger partial charge in [-0.1, -0.05) is 34.6 Å². The molecule has 0 fully saturated rings. The van der Waals surface area contributed by atoms with Crippen LogP contribution in [0.15, 0.2) is 30.3 Å². The highest BCUT2D eigenvalue weighted by Crippen LogP contribution is 2.30. The zero-order valence-electron chi connectivity index (χ0n) is 21.7. The van der Waals surface area contributed by atoms with Gasteiger partial charge in [0.2, 0.25) is 5.91 Å². The molecule has 3 amide bonds. The van der Waals surface area contributed by atoms with Crippen LogP contribution in [0.25, 0.3) is 0 Å². The van der Waals surface area contributed by atoms with Gasteiger partial charge >= 0.3 is 12.2 Å². The molecule has 2 aromatic rings. The number of alkyl halides is 3. The third-order valence-corrected chi connectivity index (χ3v) is 5.05. The lowest BCUT2D eigenvalue weighted by molar-refractivity contribution is -0.137. The molecule has 0 aliphatic rings. The zero-order valence-corrected chi connectivity index (χ0v) is 21.7. The van der Waals surface area contributed by atoms with E-state index in [2.05, 4.69) is 15.7 Å². The van der Waals surface area contributed by atoms with E-state index in [4.69, 9.17) is 0 Å². The Labute approximate surface area is 205 Å². The summed E-state index contributed by atoms with van der Waals surface area (Å²) in [6, 6.07) is 5.42. The van der Waals surface area contributed by atoms with Crippen LogP contribution in [0.3, 0.4) is 0 Å². The maximum absolute atomic E-state index is 13.0. The van der Waals surface area contributed by atoms with Crippen LogP contribution in [0, 0.1) is 5.92 Å². The van der Waals surface area contributed by atoms with Crippen LogP contribution in [0.1, 0.15) is 66.6 Å². The molecule has 0 aliphatic heterocycles. The van der Waals surface area contributed by atoms with Crippen LogP contribution >= 0.6 is 0 Å². The van der Waals surface area contributed by atoms with Crippen molar-refractivity contribution in [3.8, 4) is 0 Å². The highest BCUT2D eigenvalue weighted by molar-refractivity contribution is 5.96. The number of urea groups is 1. The molecule has 1 aromatic heterocycles. The highest BCUT2D eigenvalue weighted by atomic mass is 19.4. The van der Waals surface area contributed by atoms with E-state index >= 15 is 0 Å². The van der Waals surface area contributed by atoms with E-state index in [1.54, 1.807) is 4.68 Å². The van der Waals surface area contributed by atoms with Crippen LogP contribution in [0.5, 0.6) is 0 Å². The number of carbonyl (C=O) groups excluding carboxylic acids is 2. The second-order valence-electron chi connectivity index (χ2n) is 11.1. The van der Waals surface area contributed by atoms with Gasteiger partial charge in [0.1, 0.15) is 12.4 Å². The fourth-order valence-electron chi connectivity index (χ4n) is 3.31. The average Bonchev–Trinajstić information content (AvgIpc) is 3.11. The second kappa shape index (κ2) is 10.3. The molecule has 0 bridgehead atoms. The number of aromatic nitrogens is 2. The molecule has 0 atom stereocenters. The summed E-state index contributed by atoms with van der Waals surface area (Å²) in [6.07, 6.45) is -4.46. The average molecular weight is 496 g/mol. The molecule has 194 valence electrons. The maximum Gasteiger partial charge on any atom is 0.416 e. The molecular formula is C25H36F3N5O2. The fraction of sp³-hybridized carbons (Fsp3) is 0.560. The van der Waals surface area contributed by atoms with Crippen molar-refractivity contribution in [3.63, 3.8) is 0 Å². The van der Waals surface area contributed by atoms with Crippen molar-refractivity contribution in [3.05, 3.63) is 41.6 Å². The Morgan fingerprint density at radius 1 is 1.00 bits per heavy atom. The molecule has 0 saturated heterocycles. The molecule has 7 nitrogen and oxygen atoms in total. The number of carbonyl (C=O) groups is 2.